The van der Waals surface area contributed by atoms with Gasteiger partial charge in [-0.05, 0) is 49.6 Å². The lowest BCUT2D eigenvalue weighted by Gasteiger charge is -2.11. The van der Waals surface area contributed by atoms with Crippen molar-refractivity contribution in [2.45, 2.75) is 25.8 Å². The SMILES string of the molecule is Cc1cc(Br)cc([C@H]2CCCN2)c1. The monoisotopic (exact) mass is 239 g/mol. The van der Waals surface area contributed by atoms with Gasteiger partial charge in [0.15, 0.2) is 0 Å². The highest BCUT2D eigenvalue weighted by molar-refractivity contribution is 9.10. The molecule has 0 radical (unpaired) electrons. The Morgan fingerprint density at radius 3 is 2.85 bits per heavy atom. The molecule has 0 spiro atoms. The fraction of sp³-hybridized carbons (Fsp3) is 0.455. The summed E-state index contributed by atoms with van der Waals surface area (Å²) >= 11 is 3.53. The zero-order valence-electron chi connectivity index (χ0n) is 7.81. The zero-order chi connectivity index (χ0) is 9.26. The van der Waals surface area contributed by atoms with E-state index in [2.05, 4.69) is 46.4 Å². The van der Waals surface area contributed by atoms with Gasteiger partial charge in [-0.15, -0.1) is 0 Å². The third kappa shape index (κ3) is 2.12. The van der Waals surface area contributed by atoms with Crippen LogP contribution < -0.4 is 5.32 Å². The molecule has 1 atom stereocenters. The summed E-state index contributed by atoms with van der Waals surface area (Å²) in [5.41, 5.74) is 2.75. The molecule has 1 aliphatic rings. The molecule has 1 aromatic carbocycles. The minimum absolute atomic E-state index is 0.580. The van der Waals surface area contributed by atoms with E-state index in [0.717, 1.165) is 6.54 Å². The van der Waals surface area contributed by atoms with Crippen molar-refractivity contribution in [2.75, 3.05) is 6.54 Å². The highest BCUT2D eigenvalue weighted by atomic mass is 79.9. The lowest BCUT2D eigenvalue weighted by Crippen LogP contribution is -2.12. The average Bonchev–Trinajstić information content (AvgIpc) is 2.53. The van der Waals surface area contributed by atoms with Gasteiger partial charge in [0.05, 0.1) is 0 Å². The molecule has 0 aromatic heterocycles. The molecule has 1 saturated heterocycles. The van der Waals surface area contributed by atoms with E-state index in [9.17, 15) is 0 Å². The van der Waals surface area contributed by atoms with Crippen molar-refractivity contribution in [2.24, 2.45) is 0 Å². The van der Waals surface area contributed by atoms with Crippen LogP contribution in [-0.4, -0.2) is 6.54 Å². The first-order valence-electron chi connectivity index (χ1n) is 4.76. The Morgan fingerprint density at radius 1 is 1.38 bits per heavy atom. The van der Waals surface area contributed by atoms with Crippen molar-refractivity contribution < 1.29 is 0 Å². The fourth-order valence-corrected chi connectivity index (χ4v) is 2.56. The summed E-state index contributed by atoms with van der Waals surface area (Å²) in [6.45, 7) is 3.30. The average molecular weight is 240 g/mol. The molecule has 0 amide bonds. The summed E-state index contributed by atoms with van der Waals surface area (Å²) in [4.78, 5) is 0. The number of halogens is 1. The molecule has 0 aliphatic carbocycles. The van der Waals surface area contributed by atoms with Crippen LogP contribution in [0.5, 0.6) is 0 Å². The molecule has 0 bridgehead atoms. The lowest BCUT2D eigenvalue weighted by molar-refractivity contribution is 0.647. The van der Waals surface area contributed by atoms with Gasteiger partial charge in [-0.2, -0.15) is 0 Å². The van der Waals surface area contributed by atoms with Crippen LogP contribution >= 0.6 is 15.9 Å². The van der Waals surface area contributed by atoms with E-state index in [-0.39, 0.29) is 0 Å². The van der Waals surface area contributed by atoms with E-state index in [1.807, 2.05) is 0 Å². The second-order valence-corrected chi connectivity index (χ2v) is 4.63. The Morgan fingerprint density at radius 2 is 2.23 bits per heavy atom. The highest BCUT2D eigenvalue weighted by Gasteiger charge is 2.16. The maximum atomic E-state index is 3.53. The van der Waals surface area contributed by atoms with Crippen LogP contribution in [0.2, 0.25) is 0 Å². The normalized spacial score (nSPS) is 22.2. The quantitative estimate of drug-likeness (QED) is 0.794. The van der Waals surface area contributed by atoms with Gasteiger partial charge in [-0.25, -0.2) is 0 Å². The molecule has 1 nitrogen and oxygen atoms in total. The maximum Gasteiger partial charge on any atom is 0.0321 e. The molecule has 13 heavy (non-hydrogen) atoms. The first kappa shape index (κ1) is 9.22. The standard InChI is InChI=1S/C11H14BrN/c1-8-5-9(7-10(12)6-8)11-3-2-4-13-11/h5-7,11,13H,2-4H2,1H3/t11-/m1/s1. The smallest absolute Gasteiger partial charge is 0.0321 e. The van der Waals surface area contributed by atoms with Crippen LogP contribution in [0.4, 0.5) is 0 Å². The molecule has 1 aromatic rings. The molecule has 2 heteroatoms. The van der Waals surface area contributed by atoms with Gasteiger partial charge in [-0.1, -0.05) is 22.0 Å². The van der Waals surface area contributed by atoms with Crippen LogP contribution in [0, 0.1) is 6.92 Å². The second-order valence-electron chi connectivity index (χ2n) is 3.71. The predicted octanol–water partition coefficient (Wildman–Crippen LogP) is 3.18. The van der Waals surface area contributed by atoms with Gasteiger partial charge in [0.1, 0.15) is 0 Å². The van der Waals surface area contributed by atoms with Gasteiger partial charge in [0.25, 0.3) is 0 Å². The summed E-state index contributed by atoms with van der Waals surface area (Å²) in [5, 5.41) is 3.51. The molecule has 1 fully saturated rings. The van der Waals surface area contributed by atoms with E-state index in [4.69, 9.17) is 0 Å². The highest BCUT2D eigenvalue weighted by Crippen LogP contribution is 2.26. The Hall–Kier alpha value is -0.340. The Bertz CT molecular complexity index is 283. The molecule has 0 unspecified atom stereocenters. The number of hydrogen-bond acceptors (Lipinski definition) is 1. The van der Waals surface area contributed by atoms with Crippen molar-refractivity contribution in [1.29, 1.82) is 0 Å². The van der Waals surface area contributed by atoms with Gasteiger partial charge in [0, 0.05) is 10.5 Å². The first-order valence-corrected chi connectivity index (χ1v) is 5.55. The van der Waals surface area contributed by atoms with Gasteiger partial charge in [-0.3, -0.25) is 0 Å². The van der Waals surface area contributed by atoms with Crippen LogP contribution in [0.1, 0.15) is 30.0 Å². The minimum atomic E-state index is 0.580. The summed E-state index contributed by atoms with van der Waals surface area (Å²) < 4.78 is 1.19. The van der Waals surface area contributed by atoms with Crippen LogP contribution in [0.3, 0.4) is 0 Å². The van der Waals surface area contributed by atoms with Gasteiger partial charge in [0.2, 0.25) is 0 Å². The molecular formula is C11H14BrN. The molecule has 1 aliphatic heterocycles. The Balaban J connectivity index is 2.28. The van der Waals surface area contributed by atoms with E-state index >= 15 is 0 Å². The van der Waals surface area contributed by atoms with Crippen LogP contribution in [0.25, 0.3) is 0 Å². The van der Waals surface area contributed by atoms with Crippen molar-refractivity contribution in [3.05, 3.63) is 33.8 Å². The first-order chi connectivity index (χ1) is 6.25. The third-order valence-corrected chi connectivity index (χ3v) is 2.98. The lowest BCUT2D eigenvalue weighted by atomic mass is 10.0. The molecule has 70 valence electrons. The molecular weight excluding hydrogens is 226 g/mol. The van der Waals surface area contributed by atoms with E-state index < -0.39 is 0 Å². The van der Waals surface area contributed by atoms with E-state index in [0.29, 0.717) is 6.04 Å². The van der Waals surface area contributed by atoms with Crippen LogP contribution in [0.15, 0.2) is 22.7 Å². The largest absolute Gasteiger partial charge is 0.310 e. The molecule has 1 N–H and O–H groups in total. The van der Waals surface area contributed by atoms with Crippen molar-refractivity contribution in [1.82, 2.24) is 5.32 Å². The Kier molecular flexibility index (Phi) is 2.70. The minimum Gasteiger partial charge on any atom is -0.310 e. The Labute approximate surface area is 87.7 Å². The van der Waals surface area contributed by atoms with E-state index in [1.165, 1.54) is 28.4 Å². The number of aryl methyl sites for hydroxylation is 1. The summed E-state index contributed by atoms with van der Waals surface area (Å²) in [6.07, 6.45) is 2.58. The topological polar surface area (TPSA) is 12.0 Å². The van der Waals surface area contributed by atoms with Gasteiger partial charge < -0.3 is 5.32 Å². The number of rotatable bonds is 1. The number of hydrogen-bond donors (Lipinski definition) is 1. The third-order valence-electron chi connectivity index (χ3n) is 2.53. The zero-order valence-corrected chi connectivity index (χ0v) is 9.39. The molecule has 1 heterocycles. The second kappa shape index (κ2) is 3.81. The number of benzene rings is 1. The number of nitrogens with one attached hydrogen (secondary N) is 1. The molecule has 2 rings (SSSR count). The summed E-state index contributed by atoms with van der Waals surface area (Å²) in [6, 6.07) is 7.22. The van der Waals surface area contributed by atoms with Gasteiger partial charge >= 0.3 is 0 Å². The van der Waals surface area contributed by atoms with Crippen LogP contribution in [-0.2, 0) is 0 Å². The van der Waals surface area contributed by atoms with Crippen molar-refractivity contribution >= 4 is 15.9 Å². The van der Waals surface area contributed by atoms with E-state index in [1.54, 1.807) is 0 Å². The van der Waals surface area contributed by atoms with Crippen molar-refractivity contribution in [3.8, 4) is 0 Å². The molecule has 0 saturated carbocycles. The predicted molar refractivity (Wildman–Crippen MR) is 58.9 cm³/mol. The van der Waals surface area contributed by atoms with Crippen molar-refractivity contribution in [3.63, 3.8) is 0 Å². The maximum absolute atomic E-state index is 3.53. The summed E-state index contributed by atoms with van der Waals surface area (Å²) in [5.74, 6) is 0. The summed E-state index contributed by atoms with van der Waals surface area (Å²) in [7, 11) is 0. The fourth-order valence-electron chi connectivity index (χ4n) is 1.93.